The summed E-state index contributed by atoms with van der Waals surface area (Å²) < 4.78 is 0. The normalized spacial score (nSPS) is 11.1. The van der Waals surface area contributed by atoms with E-state index >= 15 is 0 Å². The molecule has 0 aromatic heterocycles. The molecule has 0 spiro atoms. The van der Waals surface area contributed by atoms with Crippen molar-refractivity contribution in [3.8, 4) is 6.07 Å². The minimum Gasteiger partial charge on any atom is -0.192 e. The fourth-order valence-electron chi connectivity index (χ4n) is 1.81. The van der Waals surface area contributed by atoms with Crippen LogP contribution < -0.4 is 0 Å². The Morgan fingerprint density at radius 3 is 2.61 bits per heavy atom. The quantitative estimate of drug-likeness (QED) is 0.562. The van der Waals surface area contributed by atoms with E-state index < -0.39 is 0 Å². The van der Waals surface area contributed by atoms with Crippen LogP contribution in [0.5, 0.6) is 0 Å². The van der Waals surface area contributed by atoms with E-state index in [0.717, 1.165) is 16.7 Å². The summed E-state index contributed by atoms with van der Waals surface area (Å²) in [6, 6.07) is 17.6. The number of hydrogen-bond donors (Lipinski definition) is 0. The summed E-state index contributed by atoms with van der Waals surface area (Å²) in [5.41, 5.74) is 3.63. The van der Waals surface area contributed by atoms with Gasteiger partial charge < -0.3 is 0 Å². The Hall–Kier alpha value is -2.04. The molecule has 2 aromatic rings. The average molecular weight is 254 g/mol. The summed E-state index contributed by atoms with van der Waals surface area (Å²) in [5, 5.41) is 9.96. The lowest BCUT2D eigenvalue weighted by atomic mass is 9.99. The van der Waals surface area contributed by atoms with E-state index in [0.29, 0.717) is 10.6 Å². The minimum atomic E-state index is 0.648. The van der Waals surface area contributed by atoms with Crippen LogP contribution >= 0.6 is 11.6 Å². The van der Waals surface area contributed by atoms with E-state index in [2.05, 4.69) is 6.07 Å². The summed E-state index contributed by atoms with van der Waals surface area (Å²) in [6.07, 6.45) is 1.86. The third-order valence-corrected chi connectivity index (χ3v) is 2.95. The fourth-order valence-corrected chi connectivity index (χ4v) is 2.01. The molecule has 2 rings (SSSR count). The number of hydrogen-bond acceptors (Lipinski definition) is 1. The number of aryl methyl sites for hydroxylation is 1. The molecule has 0 amide bonds. The standard InChI is InChI=1S/C16H12ClN/c1-12-5-2-3-8-16(12)14(11-18)9-13-6-4-7-15(17)10-13/h2-10H,1H3/b14-9+. The molecule has 0 heterocycles. The number of rotatable bonds is 2. The number of benzene rings is 2. The SMILES string of the molecule is Cc1ccccc1/C(C#N)=C/c1cccc(Cl)c1. The molecule has 0 saturated heterocycles. The first-order chi connectivity index (χ1) is 8.70. The van der Waals surface area contributed by atoms with Gasteiger partial charge in [-0.15, -0.1) is 0 Å². The van der Waals surface area contributed by atoms with Crippen molar-refractivity contribution < 1.29 is 0 Å². The maximum Gasteiger partial charge on any atom is 0.0998 e. The molecule has 2 heteroatoms. The predicted octanol–water partition coefficient (Wildman–Crippen LogP) is 4.71. The van der Waals surface area contributed by atoms with Gasteiger partial charge in [0.05, 0.1) is 11.6 Å². The molecule has 2 aromatic carbocycles. The Kier molecular flexibility index (Phi) is 3.82. The molecule has 0 aliphatic heterocycles. The number of nitriles is 1. The van der Waals surface area contributed by atoms with Gasteiger partial charge in [-0.05, 0) is 41.8 Å². The van der Waals surface area contributed by atoms with Gasteiger partial charge in [-0.25, -0.2) is 0 Å². The van der Waals surface area contributed by atoms with Crippen molar-refractivity contribution in [2.24, 2.45) is 0 Å². The van der Waals surface area contributed by atoms with Gasteiger partial charge in [0, 0.05) is 5.02 Å². The van der Waals surface area contributed by atoms with E-state index in [-0.39, 0.29) is 0 Å². The second-order valence-corrected chi connectivity index (χ2v) is 4.48. The largest absolute Gasteiger partial charge is 0.192 e. The highest BCUT2D eigenvalue weighted by Crippen LogP contribution is 2.22. The van der Waals surface area contributed by atoms with Gasteiger partial charge >= 0.3 is 0 Å². The molecule has 0 aliphatic carbocycles. The molecule has 0 fully saturated rings. The van der Waals surface area contributed by atoms with Crippen molar-refractivity contribution in [3.63, 3.8) is 0 Å². The van der Waals surface area contributed by atoms with Crippen LogP contribution in [0.3, 0.4) is 0 Å². The molecule has 0 bridgehead atoms. The predicted molar refractivity (Wildman–Crippen MR) is 76.1 cm³/mol. The van der Waals surface area contributed by atoms with Crippen LogP contribution in [0.15, 0.2) is 48.5 Å². The van der Waals surface area contributed by atoms with Crippen molar-refractivity contribution in [2.45, 2.75) is 6.92 Å². The second kappa shape index (κ2) is 5.53. The van der Waals surface area contributed by atoms with Crippen molar-refractivity contribution in [1.29, 1.82) is 5.26 Å². The van der Waals surface area contributed by atoms with Gasteiger partial charge in [0.15, 0.2) is 0 Å². The monoisotopic (exact) mass is 253 g/mol. The van der Waals surface area contributed by atoms with E-state index in [1.165, 1.54) is 0 Å². The zero-order valence-electron chi connectivity index (χ0n) is 10.0. The smallest absolute Gasteiger partial charge is 0.0998 e. The Balaban J connectivity index is 2.48. The number of nitrogens with zero attached hydrogens (tertiary/aromatic N) is 1. The summed E-state index contributed by atoms with van der Waals surface area (Å²) in [4.78, 5) is 0. The van der Waals surface area contributed by atoms with Gasteiger partial charge in [-0.3, -0.25) is 0 Å². The highest BCUT2D eigenvalue weighted by Gasteiger charge is 2.03. The van der Waals surface area contributed by atoms with Crippen LogP contribution in [0, 0.1) is 18.3 Å². The first kappa shape index (κ1) is 12.4. The fraction of sp³-hybridized carbons (Fsp3) is 0.0625. The minimum absolute atomic E-state index is 0.648. The van der Waals surface area contributed by atoms with Crippen LogP contribution in [0.4, 0.5) is 0 Å². The van der Waals surface area contributed by atoms with Gasteiger partial charge in [0.2, 0.25) is 0 Å². The molecule has 0 atom stereocenters. The second-order valence-electron chi connectivity index (χ2n) is 4.04. The Morgan fingerprint density at radius 2 is 1.94 bits per heavy atom. The van der Waals surface area contributed by atoms with Crippen molar-refractivity contribution in [2.75, 3.05) is 0 Å². The summed E-state index contributed by atoms with van der Waals surface area (Å²) >= 11 is 5.94. The molecule has 18 heavy (non-hydrogen) atoms. The van der Waals surface area contributed by atoms with E-state index in [1.807, 2.05) is 61.5 Å². The molecule has 0 N–H and O–H groups in total. The molecule has 0 radical (unpaired) electrons. The number of halogens is 1. The molecule has 88 valence electrons. The first-order valence-corrected chi connectivity index (χ1v) is 6.02. The summed E-state index contributed by atoms with van der Waals surface area (Å²) in [6.45, 7) is 2.00. The topological polar surface area (TPSA) is 23.8 Å². The molecule has 0 saturated carbocycles. The van der Waals surface area contributed by atoms with Crippen LogP contribution in [-0.4, -0.2) is 0 Å². The third-order valence-electron chi connectivity index (χ3n) is 2.72. The maximum atomic E-state index is 9.28. The summed E-state index contributed by atoms with van der Waals surface area (Å²) in [5.74, 6) is 0. The number of allylic oxidation sites excluding steroid dienone is 1. The van der Waals surface area contributed by atoms with Crippen LogP contribution in [-0.2, 0) is 0 Å². The van der Waals surface area contributed by atoms with E-state index in [1.54, 1.807) is 0 Å². The maximum absolute atomic E-state index is 9.28. The van der Waals surface area contributed by atoms with Gasteiger partial charge in [-0.2, -0.15) is 5.26 Å². The molecular weight excluding hydrogens is 242 g/mol. The lowest BCUT2D eigenvalue weighted by molar-refractivity contribution is 1.42. The first-order valence-electron chi connectivity index (χ1n) is 5.64. The van der Waals surface area contributed by atoms with E-state index in [4.69, 9.17) is 11.6 Å². The highest BCUT2D eigenvalue weighted by molar-refractivity contribution is 6.30. The van der Waals surface area contributed by atoms with E-state index in [9.17, 15) is 5.26 Å². The Bertz CT molecular complexity index is 636. The van der Waals surface area contributed by atoms with Crippen molar-refractivity contribution in [3.05, 3.63) is 70.2 Å². The van der Waals surface area contributed by atoms with Crippen LogP contribution in [0.2, 0.25) is 5.02 Å². The Labute approximate surface area is 112 Å². The van der Waals surface area contributed by atoms with Crippen molar-refractivity contribution >= 4 is 23.3 Å². The molecule has 1 nitrogen and oxygen atoms in total. The lowest BCUT2D eigenvalue weighted by Gasteiger charge is -2.04. The summed E-state index contributed by atoms with van der Waals surface area (Å²) in [7, 11) is 0. The van der Waals surface area contributed by atoms with Crippen LogP contribution in [0.1, 0.15) is 16.7 Å². The highest BCUT2D eigenvalue weighted by atomic mass is 35.5. The Morgan fingerprint density at radius 1 is 1.17 bits per heavy atom. The lowest BCUT2D eigenvalue weighted by Crippen LogP contribution is -1.86. The van der Waals surface area contributed by atoms with Gasteiger partial charge in [0.1, 0.15) is 0 Å². The molecule has 0 unspecified atom stereocenters. The van der Waals surface area contributed by atoms with Crippen molar-refractivity contribution in [1.82, 2.24) is 0 Å². The molecule has 0 aliphatic rings. The zero-order valence-corrected chi connectivity index (χ0v) is 10.8. The van der Waals surface area contributed by atoms with Gasteiger partial charge in [-0.1, -0.05) is 48.0 Å². The third kappa shape index (κ3) is 2.80. The van der Waals surface area contributed by atoms with Crippen LogP contribution in [0.25, 0.3) is 11.6 Å². The van der Waals surface area contributed by atoms with Gasteiger partial charge in [0.25, 0.3) is 0 Å². The average Bonchev–Trinajstić information content (AvgIpc) is 2.37. The molecular formula is C16H12ClN. The zero-order chi connectivity index (χ0) is 13.0.